The molecule has 1 N–H and O–H groups in total. The Morgan fingerprint density at radius 2 is 1.75 bits per heavy atom. The first-order chi connectivity index (χ1) is 13.4. The summed E-state index contributed by atoms with van der Waals surface area (Å²) in [5, 5.41) is 2.97. The van der Waals surface area contributed by atoms with Crippen LogP contribution >= 0.6 is 0 Å². The van der Waals surface area contributed by atoms with Gasteiger partial charge in [-0.3, -0.25) is 19.7 Å². The SMILES string of the molecule is COC(=O)[C@H]1N[C@@H](c2ccc(C)cc2F)[C@H]2C(=O)N(c3ccccc3)C(=O)[C@H]21. The van der Waals surface area contributed by atoms with Crippen LogP contribution in [0.15, 0.2) is 48.5 Å². The number of ether oxygens (including phenoxy) is 1. The van der Waals surface area contributed by atoms with Gasteiger partial charge in [-0.2, -0.15) is 0 Å². The first-order valence-corrected chi connectivity index (χ1v) is 8.97. The summed E-state index contributed by atoms with van der Waals surface area (Å²) in [6, 6.07) is 11.4. The molecule has 2 aliphatic rings. The predicted molar refractivity (Wildman–Crippen MR) is 98.7 cm³/mol. The Hall–Kier alpha value is -3.06. The van der Waals surface area contributed by atoms with Gasteiger partial charge in [0.05, 0.1) is 24.6 Å². The molecule has 2 heterocycles. The summed E-state index contributed by atoms with van der Waals surface area (Å²) in [7, 11) is 1.22. The number of imide groups is 1. The molecule has 0 bridgehead atoms. The van der Waals surface area contributed by atoms with Gasteiger partial charge in [0.2, 0.25) is 11.8 Å². The summed E-state index contributed by atoms with van der Waals surface area (Å²) in [4.78, 5) is 39.7. The number of methoxy groups -OCH3 is 1. The van der Waals surface area contributed by atoms with Crippen LogP contribution in [0.4, 0.5) is 10.1 Å². The number of hydrogen-bond acceptors (Lipinski definition) is 5. The van der Waals surface area contributed by atoms with Crippen LogP contribution < -0.4 is 10.2 Å². The number of benzene rings is 2. The van der Waals surface area contributed by atoms with E-state index in [-0.39, 0.29) is 5.56 Å². The van der Waals surface area contributed by atoms with Crippen molar-refractivity contribution >= 4 is 23.5 Å². The maximum atomic E-state index is 14.6. The standard InChI is InChI=1S/C21H19FN2O4/c1-11-8-9-13(14(22)10-11)17-15-16(18(23-17)21(27)28-2)20(26)24(19(15)25)12-6-4-3-5-7-12/h3-10,15-18,23H,1-2H3/t15-,16+,17-,18-/m0/s1. The van der Waals surface area contributed by atoms with E-state index in [0.29, 0.717) is 5.69 Å². The number of carbonyl (C=O) groups excluding carboxylic acids is 3. The van der Waals surface area contributed by atoms with E-state index >= 15 is 0 Å². The van der Waals surface area contributed by atoms with Gasteiger partial charge < -0.3 is 4.74 Å². The molecule has 2 saturated heterocycles. The van der Waals surface area contributed by atoms with E-state index in [1.807, 2.05) is 0 Å². The Morgan fingerprint density at radius 3 is 2.39 bits per heavy atom. The topological polar surface area (TPSA) is 75.7 Å². The van der Waals surface area contributed by atoms with Crippen LogP contribution in [-0.4, -0.2) is 30.9 Å². The Balaban J connectivity index is 1.80. The van der Waals surface area contributed by atoms with Crippen LogP contribution in [0.1, 0.15) is 17.2 Å². The molecule has 144 valence electrons. The van der Waals surface area contributed by atoms with Crippen molar-refractivity contribution in [2.24, 2.45) is 11.8 Å². The minimum Gasteiger partial charge on any atom is -0.468 e. The maximum absolute atomic E-state index is 14.6. The van der Waals surface area contributed by atoms with E-state index in [1.54, 1.807) is 49.4 Å². The van der Waals surface area contributed by atoms with Crippen LogP contribution in [0.2, 0.25) is 0 Å². The number of carbonyl (C=O) groups is 3. The fourth-order valence-corrected chi connectivity index (χ4v) is 4.16. The van der Waals surface area contributed by atoms with Gasteiger partial charge in [0.1, 0.15) is 11.9 Å². The molecule has 4 atom stereocenters. The molecule has 2 aromatic carbocycles. The average Bonchev–Trinajstić information content (AvgIpc) is 3.19. The lowest BCUT2D eigenvalue weighted by Crippen LogP contribution is -2.43. The highest BCUT2D eigenvalue weighted by Crippen LogP contribution is 2.46. The summed E-state index contributed by atoms with van der Waals surface area (Å²) in [6.45, 7) is 1.76. The number of anilines is 1. The van der Waals surface area contributed by atoms with Crippen LogP contribution in [-0.2, 0) is 19.1 Å². The third-order valence-electron chi connectivity index (χ3n) is 5.44. The number of rotatable bonds is 3. The van der Waals surface area contributed by atoms with Gasteiger partial charge in [-0.05, 0) is 30.7 Å². The van der Waals surface area contributed by atoms with E-state index in [2.05, 4.69) is 5.32 Å². The first kappa shape index (κ1) is 18.3. The zero-order valence-electron chi connectivity index (χ0n) is 15.4. The monoisotopic (exact) mass is 382 g/mol. The quantitative estimate of drug-likeness (QED) is 0.650. The number of aryl methyl sites for hydroxylation is 1. The van der Waals surface area contributed by atoms with Gasteiger partial charge in [0.15, 0.2) is 0 Å². The number of para-hydroxylation sites is 1. The smallest absolute Gasteiger partial charge is 0.323 e. The maximum Gasteiger partial charge on any atom is 0.323 e. The summed E-state index contributed by atoms with van der Waals surface area (Å²) >= 11 is 0. The molecule has 0 unspecified atom stereocenters. The van der Waals surface area contributed by atoms with Crippen molar-refractivity contribution in [3.63, 3.8) is 0 Å². The number of esters is 1. The molecular weight excluding hydrogens is 363 g/mol. The molecule has 7 heteroatoms. The van der Waals surface area contributed by atoms with E-state index < -0.39 is 47.5 Å². The number of nitrogens with one attached hydrogen (secondary N) is 1. The van der Waals surface area contributed by atoms with Gasteiger partial charge in [-0.15, -0.1) is 0 Å². The Bertz CT molecular complexity index is 962. The van der Waals surface area contributed by atoms with Crippen molar-refractivity contribution in [3.05, 3.63) is 65.5 Å². The lowest BCUT2D eigenvalue weighted by Gasteiger charge is -2.22. The van der Waals surface area contributed by atoms with Crippen LogP contribution in [0.25, 0.3) is 0 Å². The first-order valence-electron chi connectivity index (χ1n) is 8.97. The molecule has 0 spiro atoms. The van der Waals surface area contributed by atoms with Crippen LogP contribution in [0.3, 0.4) is 0 Å². The summed E-state index contributed by atoms with van der Waals surface area (Å²) in [5.74, 6) is -3.93. The summed E-state index contributed by atoms with van der Waals surface area (Å²) < 4.78 is 19.5. The molecule has 0 aromatic heterocycles. The molecule has 0 saturated carbocycles. The predicted octanol–water partition coefficient (Wildman–Crippen LogP) is 2.13. The highest BCUT2D eigenvalue weighted by atomic mass is 19.1. The number of hydrogen-bond donors (Lipinski definition) is 1. The number of nitrogens with zero attached hydrogens (tertiary/aromatic N) is 1. The Kier molecular flexibility index (Phi) is 4.47. The fourth-order valence-electron chi connectivity index (χ4n) is 4.16. The normalized spacial score (nSPS) is 26.5. The second-order valence-electron chi connectivity index (χ2n) is 7.07. The van der Waals surface area contributed by atoms with Crippen LogP contribution in [0.5, 0.6) is 0 Å². The van der Waals surface area contributed by atoms with Gasteiger partial charge in [0, 0.05) is 11.6 Å². The van der Waals surface area contributed by atoms with Crippen molar-refractivity contribution < 1.29 is 23.5 Å². The molecule has 0 radical (unpaired) electrons. The molecule has 4 rings (SSSR count). The minimum atomic E-state index is -1.02. The summed E-state index contributed by atoms with van der Waals surface area (Å²) in [5.41, 5.74) is 1.42. The molecular formula is C21H19FN2O4. The van der Waals surface area contributed by atoms with E-state index in [0.717, 1.165) is 10.5 Å². The molecule has 2 aliphatic heterocycles. The zero-order chi connectivity index (χ0) is 20.0. The third-order valence-corrected chi connectivity index (χ3v) is 5.44. The highest BCUT2D eigenvalue weighted by molar-refractivity contribution is 6.23. The van der Waals surface area contributed by atoms with Crippen LogP contribution in [0, 0.1) is 24.6 Å². The highest BCUT2D eigenvalue weighted by Gasteiger charge is 2.61. The van der Waals surface area contributed by atoms with E-state index in [1.165, 1.54) is 13.2 Å². The van der Waals surface area contributed by atoms with E-state index in [9.17, 15) is 18.8 Å². The van der Waals surface area contributed by atoms with Gasteiger partial charge in [0.25, 0.3) is 0 Å². The molecule has 2 amide bonds. The molecule has 0 aliphatic carbocycles. The number of amides is 2. The van der Waals surface area contributed by atoms with Gasteiger partial charge >= 0.3 is 5.97 Å². The number of fused-ring (bicyclic) bond motifs is 1. The fraction of sp³-hybridized carbons (Fsp3) is 0.286. The molecule has 6 nitrogen and oxygen atoms in total. The summed E-state index contributed by atoms with van der Waals surface area (Å²) in [6.07, 6.45) is 0. The lowest BCUT2D eigenvalue weighted by atomic mass is 9.86. The van der Waals surface area contributed by atoms with Crippen molar-refractivity contribution in [2.45, 2.75) is 19.0 Å². The van der Waals surface area contributed by atoms with Crippen molar-refractivity contribution in [1.82, 2.24) is 5.32 Å². The number of halogens is 1. The lowest BCUT2D eigenvalue weighted by molar-refractivity contribution is -0.145. The van der Waals surface area contributed by atoms with Gasteiger partial charge in [-0.1, -0.05) is 30.3 Å². The molecule has 2 fully saturated rings. The second kappa shape index (κ2) is 6.83. The largest absolute Gasteiger partial charge is 0.468 e. The van der Waals surface area contributed by atoms with Crippen molar-refractivity contribution in [3.8, 4) is 0 Å². The average molecular weight is 382 g/mol. The molecule has 28 heavy (non-hydrogen) atoms. The third kappa shape index (κ3) is 2.70. The Labute approximate surface area is 161 Å². The minimum absolute atomic E-state index is 0.253. The van der Waals surface area contributed by atoms with Gasteiger partial charge in [-0.25, -0.2) is 9.29 Å². The Morgan fingerprint density at radius 1 is 1.07 bits per heavy atom. The van der Waals surface area contributed by atoms with Crippen molar-refractivity contribution in [1.29, 1.82) is 0 Å². The molecule has 2 aromatic rings. The van der Waals surface area contributed by atoms with E-state index in [4.69, 9.17) is 4.74 Å². The van der Waals surface area contributed by atoms with Crippen molar-refractivity contribution in [2.75, 3.05) is 12.0 Å². The zero-order valence-corrected chi connectivity index (χ0v) is 15.4. The second-order valence-corrected chi connectivity index (χ2v) is 7.07.